The molecule has 0 aliphatic rings. The van der Waals surface area contributed by atoms with Crippen LogP contribution in [0, 0.1) is 0 Å². The molecule has 0 saturated heterocycles. The lowest BCUT2D eigenvalue weighted by Crippen LogP contribution is -2.21. The number of hydrogen-bond acceptors (Lipinski definition) is 3. The van der Waals surface area contributed by atoms with Crippen molar-refractivity contribution in [2.75, 3.05) is 6.54 Å². The Hall–Kier alpha value is -1.10. The maximum absolute atomic E-state index is 10.7. The number of nitrogens with two attached hydrogens (primary N) is 2. The van der Waals surface area contributed by atoms with Crippen molar-refractivity contribution in [3.05, 3.63) is 34.3 Å². The van der Waals surface area contributed by atoms with Crippen molar-refractivity contribution < 1.29 is 9.90 Å². The zero-order valence-electron chi connectivity index (χ0n) is 7.40. The van der Waals surface area contributed by atoms with Crippen molar-refractivity contribution in [1.82, 2.24) is 0 Å². The molecule has 0 saturated carbocycles. The summed E-state index contributed by atoms with van der Waals surface area (Å²) >= 11 is 5.69. The first kappa shape index (κ1) is 11.0. The molecule has 0 aliphatic heterocycles. The summed E-state index contributed by atoms with van der Waals surface area (Å²) in [5.74, 6) is -1.07. The van der Waals surface area contributed by atoms with E-state index in [1.807, 2.05) is 0 Å². The van der Waals surface area contributed by atoms with Crippen molar-refractivity contribution in [2.24, 2.45) is 11.5 Å². The van der Waals surface area contributed by atoms with Crippen LogP contribution in [-0.2, 0) is 0 Å². The molecule has 0 spiro atoms. The van der Waals surface area contributed by atoms with E-state index in [0.717, 1.165) is 0 Å². The van der Waals surface area contributed by atoms with Gasteiger partial charge in [0.05, 0.1) is 10.6 Å². The lowest BCUT2D eigenvalue weighted by atomic mass is 10.0. The lowest BCUT2D eigenvalue weighted by Gasteiger charge is -2.10. The molecule has 0 fully saturated rings. The number of carboxylic acid groups (broad SMARTS) is 1. The Morgan fingerprint density at radius 2 is 2.21 bits per heavy atom. The second kappa shape index (κ2) is 4.41. The highest BCUT2D eigenvalue weighted by molar-refractivity contribution is 6.33. The van der Waals surface area contributed by atoms with Crippen LogP contribution in [-0.4, -0.2) is 17.6 Å². The minimum atomic E-state index is -1.07. The van der Waals surface area contributed by atoms with Crippen LogP contribution < -0.4 is 11.5 Å². The minimum Gasteiger partial charge on any atom is -0.478 e. The van der Waals surface area contributed by atoms with Crippen molar-refractivity contribution >= 4 is 17.6 Å². The van der Waals surface area contributed by atoms with Gasteiger partial charge in [0, 0.05) is 12.6 Å². The largest absolute Gasteiger partial charge is 0.478 e. The molecule has 1 aromatic rings. The van der Waals surface area contributed by atoms with Crippen LogP contribution in [0.1, 0.15) is 22.0 Å². The van der Waals surface area contributed by atoms with Gasteiger partial charge in [-0.3, -0.25) is 0 Å². The van der Waals surface area contributed by atoms with Crippen LogP contribution in [0.3, 0.4) is 0 Å². The van der Waals surface area contributed by atoms with E-state index in [1.165, 1.54) is 12.1 Å². The SMILES string of the molecule is NC[C@@H](N)c1ccc(Cl)c(C(=O)O)c1. The summed E-state index contributed by atoms with van der Waals surface area (Å²) in [6.07, 6.45) is 0. The first-order valence-electron chi connectivity index (χ1n) is 4.04. The monoisotopic (exact) mass is 214 g/mol. The van der Waals surface area contributed by atoms with Gasteiger partial charge in [0.1, 0.15) is 0 Å². The van der Waals surface area contributed by atoms with Crippen molar-refractivity contribution in [1.29, 1.82) is 0 Å². The van der Waals surface area contributed by atoms with Crippen LogP contribution in [0.5, 0.6) is 0 Å². The fourth-order valence-electron chi connectivity index (χ4n) is 1.07. The van der Waals surface area contributed by atoms with Crippen molar-refractivity contribution in [3.8, 4) is 0 Å². The number of benzene rings is 1. The normalized spacial score (nSPS) is 12.5. The predicted molar refractivity (Wildman–Crippen MR) is 54.4 cm³/mol. The van der Waals surface area contributed by atoms with E-state index < -0.39 is 5.97 Å². The Kier molecular flexibility index (Phi) is 3.46. The van der Waals surface area contributed by atoms with Crippen LogP contribution in [0.4, 0.5) is 0 Å². The number of carboxylic acids is 1. The first-order chi connectivity index (χ1) is 6.56. The summed E-state index contributed by atoms with van der Waals surface area (Å²) in [4.78, 5) is 10.7. The smallest absolute Gasteiger partial charge is 0.337 e. The topological polar surface area (TPSA) is 89.3 Å². The highest BCUT2D eigenvalue weighted by Crippen LogP contribution is 2.20. The molecular formula is C9H11ClN2O2. The number of halogens is 1. The van der Waals surface area contributed by atoms with Gasteiger partial charge >= 0.3 is 5.97 Å². The number of carbonyl (C=O) groups is 1. The van der Waals surface area contributed by atoms with Gasteiger partial charge in [0.25, 0.3) is 0 Å². The zero-order valence-corrected chi connectivity index (χ0v) is 8.16. The van der Waals surface area contributed by atoms with Crippen LogP contribution >= 0.6 is 11.6 Å². The van der Waals surface area contributed by atoms with Gasteiger partial charge in [0.15, 0.2) is 0 Å². The summed E-state index contributed by atoms with van der Waals surface area (Å²) in [5, 5.41) is 8.99. The standard InChI is InChI=1S/C9H11ClN2O2/c10-7-2-1-5(8(12)4-11)3-6(7)9(13)14/h1-3,8H,4,11-12H2,(H,13,14)/t8-/m1/s1. The average Bonchev–Trinajstić information content (AvgIpc) is 2.17. The fourth-order valence-corrected chi connectivity index (χ4v) is 1.27. The summed E-state index contributed by atoms with van der Waals surface area (Å²) in [5.41, 5.74) is 11.7. The molecule has 5 heteroatoms. The predicted octanol–water partition coefficient (Wildman–Crippen LogP) is 0.997. The molecule has 0 bridgehead atoms. The lowest BCUT2D eigenvalue weighted by molar-refractivity contribution is 0.0697. The van der Waals surface area contributed by atoms with Crippen LogP contribution in [0.25, 0.3) is 0 Å². The van der Waals surface area contributed by atoms with Gasteiger partial charge in [-0.2, -0.15) is 0 Å². The highest BCUT2D eigenvalue weighted by Gasteiger charge is 2.11. The molecule has 5 N–H and O–H groups in total. The Morgan fingerprint density at radius 1 is 1.57 bits per heavy atom. The Bertz CT molecular complexity index is 355. The molecule has 1 rings (SSSR count). The number of rotatable bonds is 3. The molecule has 0 unspecified atom stereocenters. The third kappa shape index (κ3) is 2.23. The van der Waals surface area contributed by atoms with Crippen molar-refractivity contribution in [2.45, 2.75) is 6.04 Å². The Labute approximate surface area is 86.5 Å². The van der Waals surface area contributed by atoms with E-state index in [1.54, 1.807) is 6.07 Å². The molecule has 1 aromatic carbocycles. The van der Waals surface area contributed by atoms with E-state index in [4.69, 9.17) is 28.2 Å². The second-order valence-electron chi connectivity index (χ2n) is 2.89. The van der Waals surface area contributed by atoms with Gasteiger partial charge in [-0.15, -0.1) is 0 Å². The van der Waals surface area contributed by atoms with Gasteiger partial charge in [-0.25, -0.2) is 4.79 Å². The summed E-state index contributed by atoms with van der Waals surface area (Å²) in [7, 11) is 0. The molecule has 0 heterocycles. The summed E-state index contributed by atoms with van der Waals surface area (Å²) < 4.78 is 0. The van der Waals surface area contributed by atoms with Gasteiger partial charge in [-0.1, -0.05) is 17.7 Å². The molecule has 1 atom stereocenters. The van der Waals surface area contributed by atoms with E-state index >= 15 is 0 Å². The fraction of sp³-hybridized carbons (Fsp3) is 0.222. The van der Waals surface area contributed by atoms with Crippen molar-refractivity contribution in [3.63, 3.8) is 0 Å². The van der Waals surface area contributed by atoms with Crippen LogP contribution in [0.2, 0.25) is 5.02 Å². The Morgan fingerprint density at radius 3 is 2.71 bits per heavy atom. The van der Waals surface area contributed by atoms with E-state index in [2.05, 4.69) is 0 Å². The number of hydrogen-bond donors (Lipinski definition) is 3. The summed E-state index contributed by atoms with van der Waals surface area (Å²) in [6, 6.07) is 4.27. The summed E-state index contributed by atoms with van der Waals surface area (Å²) in [6.45, 7) is 0.265. The molecule has 14 heavy (non-hydrogen) atoms. The second-order valence-corrected chi connectivity index (χ2v) is 3.29. The Balaban J connectivity index is 3.12. The molecule has 0 radical (unpaired) electrons. The average molecular weight is 215 g/mol. The van der Waals surface area contributed by atoms with Gasteiger partial charge in [-0.05, 0) is 17.7 Å². The maximum atomic E-state index is 10.7. The third-order valence-electron chi connectivity index (χ3n) is 1.90. The van der Waals surface area contributed by atoms with E-state index in [-0.39, 0.29) is 23.2 Å². The molecular weight excluding hydrogens is 204 g/mol. The minimum absolute atomic E-state index is 0.0491. The molecule has 0 amide bonds. The van der Waals surface area contributed by atoms with E-state index in [9.17, 15) is 4.79 Å². The maximum Gasteiger partial charge on any atom is 0.337 e. The molecule has 0 aromatic heterocycles. The van der Waals surface area contributed by atoms with E-state index in [0.29, 0.717) is 5.56 Å². The molecule has 76 valence electrons. The molecule has 4 nitrogen and oxygen atoms in total. The molecule has 0 aliphatic carbocycles. The third-order valence-corrected chi connectivity index (χ3v) is 2.23. The van der Waals surface area contributed by atoms with Gasteiger partial charge in [0.2, 0.25) is 0 Å². The highest BCUT2D eigenvalue weighted by atomic mass is 35.5. The zero-order chi connectivity index (χ0) is 10.7. The number of aromatic carboxylic acids is 1. The van der Waals surface area contributed by atoms with Crippen LogP contribution in [0.15, 0.2) is 18.2 Å². The first-order valence-corrected chi connectivity index (χ1v) is 4.42. The quantitative estimate of drug-likeness (QED) is 0.700. The van der Waals surface area contributed by atoms with Gasteiger partial charge < -0.3 is 16.6 Å².